The molecular weight excluding hydrogens is 192 g/mol. The van der Waals surface area contributed by atoms with Crippen molar-refractivity contribution in [2.24, 2.45) is 0 Å². The van der Waals surface area contributed by atoms with Crippen LogP contribution in [0.5, 0.6) is 0 Å². The molecule has 0 fully saturated rings. The average Bonchev–Trinajstić information content (AvgIpc) is 2.75. The molecule has 0 radical (unpaired) electrons. The van der Waals surface area contributed by atoms with Crippen LogP contribution in [0.15, 0.2) is 12.4 Å². The van der Waals surface area contributed by atoms with E-state index in [1.807, 2.05) is 10.9 Å². The molecule has 0 spiro atoms. The Bertz CT molecular complexity index is 250. The molecule has 1 aromatic heterocycles. The topological polar surface area (TPSA) is 52.0 Å². The molecule has 0 saturated carbocycles. The van der Waals surface area contributed by atoms with Crippen LogP contribution in [0.25, 0.3) is 0 Å². The summed E-state index contributed by atoms with van der Waals surface area (Å²) in [6, 6.07) is 0.380. The molecule has 1 heterocycles. The lowest BCUT2D eigenvalue weighted by Gasteiger charge is -2.19. The van der Waals surface area contributed by atoms with E-state index in [2.05, 4.69) is 29.5 Å². The number of hydrogen-bond donors (Lipinski definition) is 1. The third kappa shape index (κ3) is 4.40. The first-order valence-electron chi connectivity index (χ1n) is 5.34. The number of ether oxygens (including phenoxy) is 1. The van der Waals surface area contributed by atoms with E-state index in [-0.39, 0.29) is 6.10 Å². The van der Waals surface area contributed by atoms with Crippen LogP contribution in [-0.4, -0.2) is 40.8 Å². The van der Waals surface area contributed by atoms with Gasteiger partial charge in [0.05, 0.1) is 12.3 Å². The lowest BCUT2D eigenvalue weighted by molar-refractivity contribution is 0.0886. The number of rotatable bonds is 7. The maximum absolute atomic E-state index is 5.22. The molecule has 0 bridgehead atoms. The van der Waals surface area contributed by atoms with E-state index in [0.717, 1.165) is 19.5 Å². The van der Waals surface area contributed by atoms with E-state index < -0.39 is 0 Å². The van der Waals surface area contributed by atoms with Crippen LogP contribution in [0.4, 0.5) is 0 Å². The van der Waals surface area contributed by atoms with Crippen molar-refractivity contribution in [3.05, 3.63) is 12.4 Å². The normalized spacial score (nSPS) is 15.1. The van der Waals surface area contributed by atoms with E-state index in [1.165, 1.54) is 0 Å². The summed E-state index contributed by atoms with van der Waals surface area (Å²) < 4.78 is 7.06. The fraction of sp³-hybridized carbons (Fsp3) is 0.800. The molecule has 0 amide bonds. The average molecular weight is 212 g/mol. The van der Waals surface area contributed by atoms with Crippen molar-refractivity contribution in [2.45, 2.75) is 39.0 Å². The van der Waals surface area contributed by atoms with Gasteiger partial charge in [0.15, 0.2) is 0 Å². The standard InChI is InChI=1S/C10H20N4O/c1-9(10(2)15-3)11-5-4-7-14-8-6-12-13-14/h6,8-11H,4-5,7H2,1-3H3. The number of methoxy groups -OCH3 is 1. The first-order chi connectivity index (χ1) is 7.24. The van der Waals surface area contributed by atoms with Crippen molar-refractivity contribution in [3.63, 3.8) is 0 Å². The Morgan fingerprint density at radius 1 is 1.47 bits per heavy atom. The van der Waals surface area contributed by atoms with E-state index in [0.29, 0.717) is 6.04 Å². The second kappa shape index (κ2) is 6.53. The van der Waals surface area contributed by atoms with E-state index >= 15 is 0 Å². The maximum Gasteiger partial charge on any atom is 0.0693 e. The van der Waals surface area contributed by atoms with Gasteiger partial charge in [-0.1, -0.05) is 5.21 Å². The van der Waals surface area contributed by atoms with Gasteiger partial charge < -0.3 is 10.1 Å². The zero-order valence-electron chi connectivity index (χ0n) is 9.68. The lowest BCUT2D eigenvalue weighted by Crippen LogP contribution is -2.37. The molecule has 0 aliphatic heterocycles. The zero-order chi connectivity index (χ0) is 11.1. The molecule has 2 atom stereocenters. The largest absolute Gasteiger partial charge is 0.380 e. The van der Waals surface area contributed by atoms with Crippen LogP contribution < -0.4 is 5.32 Å². The van der Waals surface area contributed by atoms with E-state index in [9.17, 15) is 0 Å². The van der Waals surface area contributed by atoms with Crippen molar-refractivity contribution in [1.82, 2.24) is 20.3 Å². The Morgan fingerprint density at radius 2 is 2.27 bits per heavy atom. The van der Waals surface area contributed by atoms with Crippen molar-refractivity contribution in [3.8, 4) is 0 Å². The molecule has 15 heavy (non-hydrogen) atoms. The van der Waals surface area contributed by atoms with Gasteiger partial charge in [0.25, 0.3) is 0 Å². The van der Waals surface area contributed by atoms with Gasteiger partial charge in [-0.25, -0.2) is 0 Å². The zero-order valence-corrected chi connectivity index (χ0v) is 9.68. The Balaban J connectivity index is 2.06. The molecule has 5 heteroatoms. The monoisotopic (exact) mass is 212 g/mol. The molecule has 0 aromatic carbocycles. The Morgan fingerprint density at radius 3 is 2.87 bits per heavy atom. The lowest BCUT2D eigenvalue weighted by atomic mass is 10.2. The van der Waals surface area contributed by atoms with Gasteiger partial charge in [0.1, 0.15) is 0 Å². The molecule has 0 aliphatic carbocycles. The Hall–Kier alpha value is -0.940. The van der Waals surface area contributed by atoms with Crippen molar-refractivity contribution in [1.29, 1.82) is 0 Å². The fourth-order valence-corrected chi connectivity index (χ4v) is 1.29. The highest BCUT2D eigenvalue weighted by atomic mass is 16.5. The number of nitrogens with one attached hydrogen (secondary N) is 1. The number of hydrogen-bond acceptors (Lipinski definition) is 4. The number of aromatic nitrogens is 3. The summed E-state index contributed by atoms with van der Waals surface area (Å²) >= 11 is 0. The third-order valence-corrected chi connectivity index (χ3v) is 2.58. The fourth-order valence-electron chi connectivity index (χ4n) is 1.29. The summed E-state index contributed by atoms with van der Waals surface area (Å²) in [5.74, 6) is 0. The van der Waals surface area contributed by atoms with Crippen LogP contribution in [0.2, 0.25) is 0 Å². The van der Waals surface area contributed by atoms with Gasteiger partial charge in [-0.05, 0) is 26.8 Å². The molecule has 2 unspecified atom stereocenters. The highest BCUT2D eigenvalue weighted by Gasteiger charge is 2.09. The Labute approximate surface area is 90.8 Å². The van der Waals surface area contributed by atoms with Crippen LogP contribution in [0, 0.1) is 0 Å². The predicted molar refractivity (Wildman–Crippen MR) is 58.6 cm³/mol. The van der Waals surface area contributed by atoms with Crippen LogP contribution in [0.1, 0.15) is 20.3 Å². The predicted octanol–water partition coefficient (Wildman–Crippen LogP) is 0.681. The first kappa shape index (κ1) is 12.1. The minimum Gasteiger partial charge on any atom is -0.380 e. The second-order valence-electron chi connectivity index (χ2n) is 3.70. The summed E-state index contributed by atoms with van der Waals surface area (Å²) in [6.07, 6.45) is 4.87. The highest BCUT2D eigenvalue weighted by Crippen LogP contribution is 1.96. The van der Waals surface area contributed by atoms with Gasteiger partial charge in [0, 0.05) is 25.9 Å². The smallest absolute Gasteiger partial charge is 0.0693 e. The van der Waals surface area contributed by atoms with Crippen molar-refractivity contribution < 1.29 is 4.74 Å². The summed E-state index contributed by atoms with van der Waals surface area (Å²) in [4.78, 5) is 0. The molecule has 5 nitrogen and oxygen atoms in total. The molecule has 1 N–H and O–H groups in total. The first-order valence-corrected chi connectivity index (χ1v) is 5.34. The van der Waals surface area contributed by atoms with Gasteiger partial charge >= 0.3 is 0 Å². The summed E-state index contributed by atoms with van der Waals surface area (Å²) in [5.41, 5.74) is 0. The number of nitrogens with zero attached hydrogens (tertiary/aromatic N) is 3. The minimum atomic E-state index is 0.247. The van der Waals surface area contributed by atoms with E-state index in [1.54, 1.807) is 13.3 Å². The number of aryl methyl sites for hydroxylation is 1. The van der Waals surface area contributed by atoms with Crippen LogP contribution in [0.3, 0.4) is 0 Å². The molecule has 0 saturated heterocycles. The third-order valence-electron chi connectivity index (χ3n) is 2.58. The Kier molecular flexibility index (Phi) is 5.28. The van der Waals surface area contributed by atoms with Gasteiger partial charge in [-0.3, -0.25) is 4.68 Å². The molecule has 1 rings (SSSR count). The quantitative estimate of drug-likeness (QED) is 0.675. The van der Waals surface area contributed by atoms with Crippen LogP contribution in [-0.2, 0) is 11.3 Å². The molecule has 86 valence electrons. The molecule has 0 aliphatic rings. The molecular formula is C10H20N4O. The van der Waals surface area contributed by atoms with Crippen LogP contribution >= 0.6 is 0 Å². The van der Waals surface area contributed by atoms with Gasteiger partial charge in [0.2, 0.25) is 0 Å². The van der Waals surface area contributed by atoms with Crippen molar-refractivity contribution >= 4 is 0 Å². The SMILES string of the molecule is COC(C)C(C)NCCCn1ccnn1. The van der Waals surface area contributed by atoms with Gasteiger partial charge in [-0.2, -0.15) is 0 Å². The van der Waals surface area contributed by atoms with Gasteiger partial charge in [-0.15, -0.1) is 5.10 Å². The second-order valence-corrected chi connectivity index (χ2v) is 3.70. The van der Waals surface area contributed by atoms with E-state index in [4.69, 9.17) is 4.74 Å². The highest BCUT2D eigenvalue weighted by molar-refractivity contribution is 4.68. The summed E-state index contributed by atoms with van der Waals surface area (Å²) in [7, 11) is 1.73. The molecule has 1 aromatic rings. The van der Waals surface area contributed by atoms with Crippen molar-refractivity contribution in [2.75, 3.05) is 13.7 Å². The summed E-state index contributed by atoms with van der Waals surface area (Å²) in [5, 5.41) is 11.1. The maximum atomic E-state index is 5.22. The minimum absolute atomic E-state index is 0.247. The summed E-state index contributed by atoms with van der Waals surface area (Å²) in [6.45, 7) is 6.06.